The Labute approximate surface area is 94.1 Å². The van der Waals surface area contributed by atoms with Gasteiger partial charge in [-0.2, -0.15) is 0 Å². The van der Waals surface area contributed by atoms with Crippen molar-refractivity contribution >= 4 is 28.7 Å². The molecule has 0 bridgehead atoms. The molecule has 14 heavy (non-hydrogen) atoms. The Kier molecular flexibility index (Phi) is 5.20. The molecule has 0 radical (unpaired) electrons. The normalized spacial score (nSPS) is 10.4. The summed E-state index contributed by atoms with van der Waals surface area (Å²) in [5, 5.41) is 2.47. The maximum atomic E-state index is 11.6. The molecule has 0 atom stereocenters. The zero-order valence-electron chi connectivity index (χ0n) is 8.38. The Balaban J connectivity index is 2.32. The lowest BCUT2D eigenvalue weighted by atomic mass is 10.1. The number of carbonyl (C=O) groups is 1. The number of rotatable bonds is 6. The second-order valence-corrected chi connectivity index (χ2v) is 4.65. The molecule has 1 nitrogen and oxygen atoms in total. The molecule has 0 aliphatic rings. The third-order valence-corrected chi connectivity index (χ3v) is 3.51. The average Bonchev–Trinajstić information content (AvgIpc) is 2.59. The molecule has 0 saturated carbocycles. The van der Waals surface area contributed by atoms with Crippen molar-refractivity contribution < 1.29 is 4.79 Å². The van der Waals surface area contributed by atoms with Gasteiger partial charge in [0.05, 0.1) is 9.90 Å². The van der Waals surface area contributed by atoms with Crippen molar-refractivity contribution in [2.75, 3.05) is 0 Å². The van der Waals surface area contributed by atoms with Crippen LogP contribution in [0.4, 0.5) is 0 Å². The van der Waals surface area contributed by atoms with Crippen LogP contribution in [0.15, 0.2) is 11.4 Å². The van der Waals surface area contributed by atoms with E-state index in [0.29, 0.717) is 11.4 Å². The van der Waals surface area contributed by atoms with Gasteiger partial charge in [-0.15, -0.1) is 11.3 Å². The molecule has 1 heterocycles. The largest absolute Gasteiger partial charge is 0.293 e. The molecule has 0 aliphatic heterocycles. The maximum absolute atomic E-state index is 11.6. The van der Waals surface area contributed by atoms with E-state index in [4.69, 9.17) is 11.6 Å². The topological polar surface area (TPSA) is 17.1 Å². The van der Waals surface area contributed by atoms with Crippen LogP contribution >= 0.6 is 22.9 Å². The summed E-state index contributed by atoms with van der Waals surface area (Å²) >= 11 is 7.30. The first-order chi connectivity index (χ1) is 6.75. The molecule has 1 aromatic rings. The van der Waals surface area contributed by atoms with Crippen molar-refractivity contribution in [1.29, 1.82) is 0 Å². The van der Waals surface area contributed by atoms with Crippen LogP contribution in [0.1, 0.15) is 48.7 Å². The Hall–Kier alpha value is -0.340. The molecule has 0 saturated heterocycles. The summed E-state index contributed by atoms with van der Waals surface area (Å²) < 4.78 is 0. The van der Waals surface area contributed by atoms with E-state index in [1.807, 2.05) is 5.38 Å². The highest BCUT2D eigenvalue weighted by atomic mass is 35.5. The van der Waals surface area contributed by atoms with E-state index in [1.165, 1.54) is 24.2 Å². The Bertz CT molecular complexity index is 293. The molecule has 0 aromatic carbocycles. The zero-order valence-corrected chi connectivity index (χ0v) is 9.96. The first-order valence-corrected chi connectivity index (χ1v) is 6.27. The van der Waals surface area contributed by atoms with E-state index >= 15 is 0 Å². The van der Waals surface area contributed by atoms with E-state index < -0.39 is 0 Å². The fraction of sp³-hybridized carbons (Fsp3) is 0.545. The predicted molar refractivity (Wildman–Crippen MR) is 62.4 cm³/mol. The summed E-state index contributed by atoms with van der Waals surface area (Å²) in [6.07, 6.45) is 5.19. The highest BCUT2D eigenvalue weighted by Gasteiger charge is 2.10. The first-order valence-electron chi connectivity index (χ1n) is 5.02. The van der Waals surface area contributed by atoms with Gasteiger partial charge in [0.25, 0.3) is 0 Å². The van der Waals surface area contributed by atoms with Crippen molar-refractivity contribution in [2.24, 2.45) is 0 Å². The van der Waals surface area contributed by atoms with Crippen LogP contribution in [0.2, 0.25) is 5.02 Å². The summed E-state index contributed by atoms with van der Waals surface area (Å²) in [6.45, 7) is 2.16. The third kappa shape index (κ3) is 3.43. The van der Waals surface area contributed by atoms with E-state index in [-0.39, 0.29) is 5.78 Å². The summed E-state index contributed by atoms with van der Waals surface area (Å²) in [4.78, 5) is 12.3. The van der Waals surface area contributed by atoms with Crippen molar-refractivity contribution in [3.8, 4) is 0 Å². The number of hydrogen-bond acceptors (Lipinski definition) is 2. The minimum atomic E-state index is 0.195. The van der Waals surface area contributed by atoms with Gasteiger partial charge >= 0.3 is 0 Å². The van der Waals surface area contributed by atoms with Gasteiger partial charge in [0, 0.05) is 6.42 Å². The standard InChI is InChI=1S/C11H15ClOS/c1-2-3-4-5-6-10(13)11-9(12)7-8-14-11/h7-8H,2-6H2,1H3. The van der Waals surface area contributed by atoms with Gasteiger partial charge in [0.2, 0.25) is 0 Å². The molecule has 78 valence electrons. The van der Waals surface area contributed by atoms with E-state index in [0.717, 1.165) is 17.7 Å². The average molecular weight is 231 g/mol. The van der Waals surface area contributed by atoms with Crippen molar-refractivity contribution in [3.05, 3.63) is 21.3 Å². The highest BCUT2D eigenvalue weighted by molar-refractivity contribution is 7.12. The van der Waals surface area contributed by atoms with Gasteiger partial charge in [-0.3, -0.25) is 4.79 Å². The molecular weight excluding hydrogens is 216 g/mol. The lowest BCUT2D eigenvalue weighted by molar-refractivity contribution is 0.0983. The Morgan fingerprint density at radius 1 is 1.43 bits per heavy atom. The van der Waals surface area contributed by atoms with Crippen LogP contribution in [-0.2, 0) is 0 Å². The van der Waals surface area contributed by atoms with Crippen LogP contribution < -0.4 is 0 Å². The van der Waals surface area contributed by atoms with E-state index in [2.05, 4.69) is 6.92 Å². The molecule has 0 N–H and O–H groups in total. The number of ketones is 1. The van der Waals surface area contributed by atoms with Crippen molar-refractivity contribution in [3.63, 3.8) is 0 Å². The van der Waals surface area contributed by atoms with Gasteiger partial charge in [0.1, 0.15) is 0 Å². The predicted octanol–water partition coefficient (Wildman–Crippen LogP) is 4.55. The van der Waals surface area contributed by atoms with Crippen LogP contribution in [0.3, 0.4) is 0 Å². The van der Waals surface area contributed by atoms with E-state index in [9.17, 15) is 4.79 Å². The van der Waals surface area contributed by atoms with E-state index in [1.54, 1.807) is 6.07 Å². The number of halogens is 1. The lowest BCUT2D eigenvalue weighted by Gasteiger charge is -1.98. The minimum absolute atomic E-state index is 0.195. The maximum Gasteiger partial charge on any atom is 0.174 e. The Morgan fingerprint density at radius 2 is 2.21 bits per heavy atom. The minimum Gasteiger partial charge on any atom is -0.293 e. The molecule has 0 amide bonds. The molecule has 0 unspecified atom stereocenters. The number of hydrogen-bond donors (Lipinski definition) is 0. The quantitative estimate of drug-likeness (QED) is 0.518. The molecule has 0 spiro atoms. The highest BCUT2D eigenvalue weighted by Crippen LogP contribution is 2.24. The lowest BCUT2D eigenvalue weighted by Crippen LogP contribution is -1.96. The molecule has 1 rings (SSSR count). The summed E-state index contributed by atoms with van der Waals surface area (Å²) in [5.41, 5.74) is 0. The van der Waals surface area contributed by atoms with Crippen molar-refractivity contribution in [1.82, 2.24) is 0 Å². The summed E-state index contributed by atoms with van der Waals surface area (Å²) in [7, 11) is 0. The summed E-state index contributed by atoms with van der Waals surface area (Å²) in [6, 6.07) is 1.78. The number of Topliss-reactive ketones (excluding diaryl/α,β-unsaturated/α-hetero) is 1. The SMILES string of the molecule is CCCCCCC(=O)c1sccc1Cl. The monoisotopic (exact) mass is 230 g/mol. The Morgan fingerprint density at radius 3 is 2.79 bits per heavy atom. The van der Waals surface area contributed by atoms with Gasteiger partial charge in [-0.05, 0) is 17.9 Å². The molecule has 1 aromatic heterocycles. The van der Waals surface area contributed by atoms with Crippen LogP contribution in [-0.4, -0.2) is 5.78 Å². The van der Waals surface area contributed by atoms with Crippen LogP contribution in [0.5, 0.6) is 0 Å². The first kappa shape index (κ1) is 11.7. The molecule has 3 heteroatoms. The van der Waals surface area contributed by atoms with Gasteiger partial charge < -0.3 is 0 Å². The molecule has 0 fully saturated rings. The summed E-state index contributed by atoms with van der Waals surface area (Å²) in [5.74, 6) is 0.195. The third-order valence-electron chi connectivity index (χ3n) is 2.13. The number of thiophene rings is 1. The van der Waals surface area contributed by atoms with Gasteiger partial charge in [-0.25, -0.2) is 0 Å². The fourth-order valence-electron chi connectivity index (χ4n) is 1.32. The molecular formula is C11H15ClOS. The van der Waals surface area contributed by atoms with Crippen molar-refractivity contribution in [2.45, 2.75) is 39.0 Å². The fourth-order valence-corrected chi connectivity index (χ4v) is 2.45. The van der Waals surface area contributed by atoms with Gasteiger partial charge in [0.15, 0.2) is 5.78 Å². The second kappa shape index (κ2) is 6.20. The smallest absolute Gasteiger partial charge is 0.174 e. The second-order valence-electron chi connectivity index (χ2n) is 3.33. The van der Waals surface area contributed by atoms with Gasteiger partial charge in [-0.1, -0.05) is 37.8 Å². The molecule has 0 aliphatic carbocycles. The number of unbranched alkanes of at least 4 members (excludes halogenated alkanes) is 3. The van der Waals surface area contributed by atoms with Crippen LogP contribution in [0, 0.1) is 0 Å². The number of carbonyl (C=O) groups excluding carboxylic acids is 1. The van der Waals surface area contributed by atoms with Crippen LogP contribution in [0.25, 0.3) is 0 Å². The zero-order chi connectivity index (χ0) is 10.4.